The molecule has 144 valence electrons. The fourth-order valence-electron chi connectivity index (χ4n) is 3.13. The maximum atomic E-state index is 14.0. The number of hydrogen-bond acceptors (Lipinski definition) is 3. The van der Waals surface area contributed by atoms with Gasteiger partial charge in [0.2, 0.25) is 0 Å². The van der Waals surface area contributed by atoms with E-state index < -0.39 is 18.2 Å². The summed E-state index contributed by atoms with van der Waals surface area (Å²) in [7, 11) is 0. The Kier molecular flexibility index (Phi) is 4.68. The molecule has 0 spiro atoms. The maximum absolute atomic E-state index is 14.0. The van der Waals surface area contributed by atoms with Crippen molar-refractivity contribution in [2.45, 2.75) is 18.2 Å². The van der Waals surface area contributed by atoms with E-state index in [0.717, 1.165) is 5.39 Å². The summed E-state index contributed by atoms with van der Waals surface area (Å²) >= 11 is 17.7. The van der Waals surface area contributed by atoms with Crippen LogP contribution < -0.4 is 0 Å². The Morgan fingerprint density at radius 2 is 1.64 bits per heavy atom. The highest BCUT2D eigenvalue weighted by Gasteiger charge is 2.62. The Balaban J connectivity index is 1.76. The maximum Gasteiger partial charge on any atom is 0.435 e. The molecule has 0 saturated heterocycles. The van der Waals surface area contributed by atoms with Gasteiger partial charge >= 0.3 is 6.18 Å². The van der Waals surface area contributed by atoms with E-state index in [1.807, 2.05) is 0 Å². The lowest BCUT2D eigenvalue weighted by Gasteiger charge is -2.29. The van der Waals surface area contributed by atoms with Gasteiger partial charge in [0.25, 0.3) is 5.60 Å². The van der Waals surface area contributed by atoms with Crippen LogP contribution in [0.1, 0.15) is 17.5 Å². The average Bonchev–Trinajstić information content (AvgIpc) is 3.07. The predicted octanol–water partition coefficient (Wildman–Crippen LogP) is 6.78. The average molecular weight is 446 g/mol. The first kappa shape index (κ1) is 19.3. The van der Waals surface area contributed by atoms with Gasteiger partial charge in [0.05, 0.1) is 11.2 Å². The topological polar surface area (TPSA) is 34.5 Å². The summed E-state index contributed by atoms with van der Waals surface area (Å²) in [4.78, 5) is 9.17. The van der Waals surface area contributed by atoms with Crippen LogP contribution in [0.5, 0.6) is 0 Å². The fourth-order valence-corrected chi connectivity index (χ4v) is 3.81. The number of benzene rings is 2. The summed E-state index contributed by atoms with van der Waals surface area (Å²) in [5.41, 5.74) is -1.59. The van der Waals surface area contributed by atoms with Crippen molar-refractivity contribution in [2.24, 2.45) is 5.16 Å². The Bertz CT molecular complexity index is 1100. The molecular weight excluding hydrogens is 436 g/mol. The number of alkyl halides is 3. The van der Waals surface area contributed by atoms with E-state index >= 15 is 0 Å². The number of oxime groups is 1. The largest absolute Gasteiger partial charge is 0.435 e. The summed E-state index contributed by atoms with van der Waals surface area (Å²) in [5.74, 6) is 0. The van der Waals surface area contributed by atoms with Crippen LogP contribution in [0.2, 0.25) is 15.2 Å². The third-order valence-electron chi connectivity index (χ3n) is 4.50. The molecule has 1 aromatic heterocycles. The van der Waals surface area contributed by atoms with E-state index in [1.165, 1.54) is 18.2 Å². The Morgan fingerprint density at radius 1 is 0.929 bits per heavy atom. The fraction of sp³-hybridized carbons (Fsp3) is 0.158. The molecule has 1 atom stereocenters. The quantitative estimate of drug-likeness (QED) is 0.408. The first-order valence-electron chi connectivity index (χ1n) is 8.03. The first-order valence-corrected chi connectivity index (χ1v) is 9.16. The van der Waals surface area contributed by atoms with Crippen molar-refractivity contribution in [1.82, 2.24) is 4.98 Å². The molecule has 0 amide bonds. The molecule has 1 aliphatic rings. The van der Waals surface area contributed by atoms with Crippen molar-refractivity contribution in [3.8, 4) is 0 Å². The standard InChI is InChI=1S/C19H10Cl3F3N2O/c20-13-6-12(7-14(21)8-13)18(19(23,24)25)9-16(27-28-18)11-1-3-15-10(5-11)2-4-17(22)26-15/h1-8H,9H2. The van der Waals surface area contributed by atoms with Gasteiger partial charge in [0, 0.05) is 33.0 Å². The lowest BCUT2D eigenvalue weighted by molar-refractivity contribution is -0.275. The zero-order valence-corrected chi connectivity index (χ0v) is 16.2. The molecule has 3 aromatic rings. The van der Waals surface area contributed by atoms with Crippen LogP contribution in [0.4, 0.5) is 13.2 Å². The van der Waals surface area contributed by atoms with E-state index in [2.05, 4.69) is 10.1 Å². The number of nitrogens with zero attached hydrogens (tertiary/aromatic N) is 2. The van der Waals surface area contributed by atoms with Crippen LogP contribution in [0.3, 0.4) is 0 Å². The molecule has 0 radical (unpaired) electrons. The zero-order chi connectivity index (χ0) is 20.1. The van der Waals surface area contributed by atoms with Gasteiger partial charge in [-0.3, -0.25) is 0 Å². The molecule has 28 heavy (non-hydrogen) atoms. The molecule has 2 aromatic carbocycles. The van der Waals surface area contributed by atoms with E-state index in [-0.39, 0.29) is 21.3 Å². The van der Waals surface area contributed by atoms with Crippen LogP contribution in [0, 0.1) is 0 Å². The highest BCUT2D eigenvalue weighted by Crippen LogP contribution is 2.49. The zero-order valence-electron chi connectivity index (χ0n) is 13.9. The number of aromatic nitrogens is 1. The van der Waals surface area contributed by atoms with E-state index in [9.17, 15) is 13.2 Å². The van der Waals surface area contributed by atoms with Gasteiger partial charge in [-0.05, 0) is 42.5 Å². The van der Waals surface area contributed by atoms with Gasteiger partial charge in [0.1, 0.15) is 5.15 Å². The molecule has 0 bridgehead atoms. The summed E-state index contributed by atoms with van der Waals surface area (Å²) in [5, 5.41) is 4.96. The normalized spacial score (nSPS) is 19.6. The van der Waals surface area contributed by atoms with E-state index in [0.29, 0.717) is 16.2 Å². The van der Waals surface area contributed by atoms with Crippen molar-refractivity contribution in [3.05, 3.63) is 74.9 Å². The third kappa shape index (κ3) is 3.30. The minimum Gasteiger partial charge on any atom is -0.374 e. The Morgan fingerprint density at radius 3 is 2.32 bits per heavy atom. The summed E-state index contributed by atoms with van der Waals surface area (Å²) < 4.78 is 42.1. The molecule has 0 N–H and O–H groups in total. The van der Waals surface area contributed by atoms with Gasteiger partial charge in [-0.15, -0.1) is 0 Å². The van der Waals surface area contributed by atoms with Gasteiger partial charge in [0.15, 0.2) is 0 Å². The minimum atomic E-state index is -4.74. The molecule has 1 unspecified atom stereocenters. The molecule has 2 heterocycles. The SMILES string of the molecule is FC(F)(F)C1(c2cc(Cl)cc(Cl)c2)CC(c2ccc3nc(Cl)ccc3c2)=NO1. The predicted molar refractivity (Wildman–Crippen MR) is 103 cm³/mol. The number of hydrogen-bond donors (Lipinski definition) is 0. The Hall–Kier alpha value is -2.02. The number of fused-ring (bicyclic) bond motifs is 1. The molecule has 0 aliphatic carbocycles. The highest BCUT2D eigenvalue weighted by molar-refractivity contribution is 6.34. The van der Waals surface area contributed by atoms with Crippen LogP contribution in [-0.4, -0.2) is 16.9 Å². The molecule has 0 saturated carbocycles. The van der Waals surface area contributed by atoms with Crippen molar-refractivity contribution in [3.63, 3.8) is 0 Å². The van der Waals surface area contributed by atoms with Crippen molar-refractivity contribution in [2.75, 3.05) is 0 Å². The number of rotatable bonds is 2. The molecule has 0 fully saturated rings. The first-order chi connectivity index (χ1) is 13.2. The van der Waals surface area contributed by atoms with Crippen LogP contribution in [0.25, 0.3) is 10.9 Å². The van der Waals surface area contributed by atoms with E-state index in [1.54, 1.807) is 30.3 Å². The smallest absolute Gasteiger partial charge is 0.374 e. The number of halogens is 6. The monoisotopic (exact) mass is 444 g/mol. The van der Waals surface area contributed by atoms with E-state index in [4.69, 9.17) is 39.6 Å². The van der Waals surface area contributed by atoms with Crippen molar-refractivity contribution in [1.29, 1.82) is 0 Å². The lowest BCUT2D eigenvalue weighted by atomic mass is 9.86. The molecule has 4 rings (SSSR count). The lowest BCUT2D eigenvalue weighted by Crippen LogP contribution is -2.42. The van der Waals surface area contributed by atoms with Crippen LogP contribution in [-0.2, 0) is 10.4 Å². The molecule has 3 nitrogen and oxygen atoms in total. The number of pyridine rings is 1. The van der Waals surface area contributed by atoms with Crippen LogP contribution >= 0.6 is 34.8 Å². The van der Waals surface area contributed by atoms with Gasteiger partial charge in [-0.1, -0.05) is 46.0 Å². The third-order valence-corrected chi connectivity index (χ3v) is 5.15. The summed E-state index contributed by atoms with van der Waals surface area (Å²) in [6, 6.07) is 12.1. The second kappa shape index (κ2) is 6.79. The molecule has 1 aliphatic heterocycles. The van der Waals surface area contributed by atoms with Crippen molar-refractivity contribution >= 4 is 51.4 Å². The second-order valence-corrected chi connectivity index (χ2v) is 7.59. The van der Waals surface area contributed by atoms with Crippen LogP contribution in [0.15, 0.2) is 53.7 Å². The molecule has 9 heteroatoms. The summed E-state index contributed by atoms with van der Waals surface area (Å²) in [6.45, 7) is 0. The molecular formula is C19H10Cl3F3N2O. The van der Waals surface area contributed by atoms with Gasteiger partial charge < -0.3 is 4.84 Å². The van der Waals surface area contributed by atoms with Crippen molar-refractivity contribution < 1.29 is 18.0 Å². The highest BCUT2D eigenvalue weighted by atomic mass is 35.5. The Labute approximate surface area is 172 Å². The van der Waals surface area contributed by atoms with Gasteiger partial charge in [-0.25, -0.2) is 4.98 Å². The second-order valence-electron chi connectivity index (χ2n) is 6.33. The minimum absolute atomic E-state index is 0.0804. The summed E-state index contributed by atoms with van der Waals surface area (Å²) in [6.07, 6.45) is -5.25. The van der Waals surface area contributed by atoms with Gasteiger partial charge in [-0.2, -0.15) is 13.2 Å².